The van der Waals surface area contributed by atoms with Gasteiger partial charge in [0.2, 0.25) is 0 Å². The molecule has 1 rings (SSSR count). The molecule has 0 spiro atoms. The van der Waals surface area contributed by atoms with Gasteiger partial charge in [0, 0.05) is 0 Å². The first-order valence-electron chi connectivity index (χ1n) is 4.12. The highest BCUT2D eigenvalue weighted by Gasteiger charge is 2.16. The molecule has 0 aromatic heterocycles. The molecule has 1 aromatic carbocycles. The van der Waals surface area contributed by atoms with Crippen LogP contribution >= 0.6 is 12.2 Å². The van der Waals surface area contributed by atoms with Crippen LogP contribution < -0.4 is 0 Å². The minimum atomic E-state index is -1.43. The molecule has 1 aromatic rings. The quantitative estimate of drug-likeness (QED) is 0.458. The van der Waals surface area contributed by atoms with Gasteiger partial charge in [-0.25, -0.2) is 0 Å². The van der Waals surface area contributed by atoms with E-state index in [-0.39, 0.29) is 0 Å². The number of benzene rings is 1. The fourth-order valence-corrected chi connectivity index (χ4v) is 1.16. The Morgan fingerprint density at radius 3 is 2.33 bits per heavy atom. The van der Waals surface area contributed by atoms with Crippen LogP contribution in [0.1, 0.15) is 11.7 Å². The molecule has 0 heterocycles. The highest BCUT2D eigenvalue weighted by atomic mass is 32.1. The summed E-state index contributed by atoms with van der Waals surface area (Å²) < 4.78 is 0. The zero-order valence-corrected chi connectivity index (χ0v) is 8.48. The SMILES string of the molecule is N#CC(O)C(O)c1ccc(N=C=S)cc1. The van der Waals surface area contributed by atoms with Crippen molar-refractivity contribution in [1.29, 1.82) is 5.26 Å². The van der Waals surface area contributed by atoms with Gasteiger partial charge in [-0.2, -0.15) is 10.3 Å². The number of rotatable bonds is 3. The topological polar surface area (TPSA) is 76.6 Å². The molecule has 2 atom stereocenters. The Bertz CT molecular complexity index is 418. The van der Waals surface area contributed by atoms with Gasteiger partial charge < -0.3 is 10.2 Å². The van der Waals surface area contributed by atoms with Gasteiger partial charge in [-0.3, -0.25) is 0 Å². The van der Waals surface area contributed by atoms with Crippen molar-refractivity contribution < 1.29 is 10.2 Å². The summed E-state index contributed by atoms with van der Waals surface area (Å²) in [6.07, 6.45) is -2.63. The molecule has 0 aliphatic carbocycles. The third kappa shape index (κ3) is 2.94. The predicted octanol–water partition coefficient (Wildman–Crippen LogP) is 1.34. The van der Waals surface area contributed by atoms with E-state index < -0.39 is 12.2 Å². The van der Waals surface area contributed by atoms with Gasteiger partial charge in [0.1, 0.15) is 6.10 Å². The fourth-order valence-electron chi connectivity index (χ4n) is 1.05. The lowest BCUT2D eigenvalue weighted by Crippen LogP contribution is -2.15. The van der Waals surface area contributed by atoms with Crippen LogP contribution in [0.25, 0.3) is 0 Å². The number of nitrogens with zero attached hydrogens (tertiary/aromatic N) is 2. The lowest BCUT2D eigenvalue weighted by atomic mass is 10.1. The van der Waals surface area contributed by atoms with Crippen LogP contribution in [-0.4, -0.2) is 21.5 Å². The summed E-state index contributed by atoms with van der Waals surface area (Å²) in [7, 11) is 0. The van der Waals surface area contributed by atoms with E-state index in [0.717, 1.165) is 0 Å². The van der Waals surface area contributed by atoms with E-state index in [4.69, 9.17) is 10.4 Å². The van der Waals surface area contributed by atoms with Gasteiger partial charge in [0.05, 0.1) is 16.9 Å². The maximum atomic E-state index is 9.47. The van der Waals surface area contributed by atoms with Crippen molar-refractivity contribution in [2.45, 2.75) is 12.2 Å². The zero-order valence-electron chi connectivity index (χ0n) is 7.66. The van der Waals surface area contributed by atoms with Crippen molar-refractivity contribution in [3.63, 3.8) is 0 Å². The van der Waals surface area contributed by atoms with Gasteiger partial charge in [-0.05, 0) is 29.9 Å². The standard InChI is InChI=1S/C10H8N2O2S/c11-5-9(13)10(14)7-1-3-8(4-2-7)12-6-15/h1-4,9-10,13-14H. The number of nitriles is 1. The summed E-state index contributed by atoms with van der Waals surface area (Å²) in [4.78, 5) is 3.73. The Morgan fingerprint density at radius 1 is 1.27 bits per heavy atom. The number of hydrogen-bond donors (Lipinski definition) is 2. The first-order chi connectivity index (χ1) is 7.19. The Balaban J connectivity index is 2.89. The van der Waals surface area contributed by atoms with E-state index in [1.165, 1.54) is 0 Å². The molecule has 0 fully saturated rings. The maximum Gasteiger partial charge on any atom is 0.170 e. The summed E-state index contributed by atoms with van der Waals surface area (Å²) in [5.41, 5.74) is 1.06. The lowest BCUT2D eigenvalue weighted by Gasteiger charge is -2.11. The second-order valence-electron chi connectivity index (χ2n) is 2.81. The van der Waals surface area contributed by atoms with Crippen LogP contribution in [0.3, 0.4) is 0 Å². The minimum Gasteiger partial charge on any atom is -0.385 e. The summed E-state index contributed by atoms with van der Waals surface area (Å²) in [6, 6.07) is 7.91. The normalized spacial score (nSPS) is 13.4. The number of aliphatic imine (C=N–C) groups is 1. The van der Waals surface area contributed by atoms with E-state index in [9.17, 15) is 5.11 Å². The summed E-state index contributed by atoms with van der Waals surface area (Å²) in [5.74, 6) is 0. The van der Waals surface area contributed by atoms with Gasteiger partial charge >= 0.3 is 0 Å². The molecule has 0 saturated carbocycles. The van der Waals surface area contributed by atoms with Gasteiger partial charge in [-0.15, -0.1) is 0 Å². The zero-order chi connectivity index (χ0) is 11.3. The molecule has 0 amide bonds. The highest BCUT2D eigenvalue weighted by molar-refractivity contribution is 7.78. The summed E-state index contributed by atoms with van der Waals surface area (Å²) in [6.45, 7) is 0. The molecule has 2 N–H and O–H groups in total. The monoisotopic (exact) mass is 220 g/mol. The first kappa shape index (κ1) is 11.5. The predicted molar refractivity (Wildman–Crippen MR) is 57.7 cm³/mol. The van der Waals surface area contributed by atoms with Crippen LogP contribution in [0, 0.1) is 11.3 Å². The summed E-state index contributed by atoms with van der Waals surface area (Å²) in [5, 5.41) is 29.2. The van der Waals surface area contributed by atoms with Gasteiger partial charge in [0.25, 0.3) is 0 Å². The molecule has 0 aliphatic heterocycles. The van der Waals surface area contributed by atoms with Crippen LogP contribution in [0.2, 0.25) is 0 Å². The molecule has 5 heteroatoms. The van der Waals surface area contributed by atoms with Crippen LogP contribution in [0.5, 0.6) is 0 Å². The third-order valence-corrected chi connectivity index (χ3v) is 1.93. The summed E-state index contributed by atoms with van der Waals surface area (Å²) >= 11 is 4.43. The van der Waals surface area contributed by atoms with E-state index in [0.29, 0.717) is 11.3 Å². The lowest BCUT2D eigenvalue weighted by molar-refractivity contribution is 0.0528. The average molecular weight is 220 g/mol. The van der Waals surface area contributed by atoms with Crippen molar-refractivity contribution in [3.8, 4) is 6.07 Å². The highest BCUT2D eigenvalue weighted by Crippen LogP contribution is 2.20. The Kier molecular flexibility index (Phi) is 4.10. The van der Waals surface area contributed by atoms with Crippen molar-refractivity contribution in [2.75, 3.05) is 0 Å². The average Bonchev–Trinajstić information content (AvgIpc) is 2.28. The third-order valence-electron chi connectivity index (χ3n) is 1.84. The van der Waals surface area contributed by atoms with Crippen LogP contribution in [0.15, 0.2) is 29.3 Å². The Morgan fingerprint density at radius 2 is 1.87 bits per heavy atom. The molecule has 76 valence electrons. The van der Waals surface area contributed by atoms with E-state index in [1.54, 1.807) is 30.3 Å². The Hall–Kier alpha value is -1.57. The van der Waals surface area contributed by atoms with Gasteiger partial charge in [0.15, 0.2) is 6.10 Å². The number of thiocarbonyl (C=S) groups is 1. The van der Waals surface area contributed by atoms with Crippen molar-refractivity contribution in [3.05, 3.63) is 29.8 Å². The second-order valence-corrected chi connectivity index (χ2v) is 3.00. The minimum absolute atomic E-state index is 0.451. The van der Waals surface area contributed by atoms with E-state index in [2.05, 4.69) is 22.4 Å². The number of aliphatic hydroxyl groups excluding tert-OH is 2. The van der Waals surface area contributed by atoms with Crippen LogP contribution in [0.4, 0.5) is 5.69 Å². The van der Waals surface area contributed by atoms with E-state index >= 15 is 0 Å². The number of hydrogen-bond acceptors (Lipinski definition) is 5. The smallest absolute Gasteiger partial charge is 0.170 e. The molecule has 4 nitrogen and oxygen atoms in total. The van der Waals surface area contributed by atoms with E-state index in [1.807, 2.05) is 0 Å². The van der Waals surface area contributed by atoms with Crippen molar-refractivity contribution in [1.82, 2.24) is 0 Å². The van der Waals surface area contributed by atoms with Crippen LogP contribution in [-0.2, 0) is 0 Å². The Labute approximate surface area is 92.1 Å². The molecule has 0 radical (unpaired) electrons. The fraction of sp³-hybridized carbons (Fsp3) is 0.200. The molecule has 15 heavy (non-hydrogen) atoms. The molecule has 0 aliphatic rings. The van der Waals surface area contributed by atoms with Crippen molar-refractivity contribution >= 4 is 23.1 Å². The molecule has 0 saturated heterocycles. The maximum absolute atomic E-state index is 9.47. The molecular formula is C10H8N2O2S. The molecule has 0 bridgehead atoms. The van der Waals surface area contributed by atoms with Gasteiger partial charge in [-0.1, -0.05) is 12.1 Å². The largest absolute Gasteiger partial charge is 0.385 e. The molecular weight excluding hydrogens is 212 g/mol. The first-order valence-corrected chi connectivity index (χ1v) is 4.53. The van der Waals surface area contributed by atoms with Crippen molar-refractivity contribution in [2.24, 2.45) is 4.99 Å². The number of aliphatic hydroxyl groups is 2. The number of isothiocyanates is 1. The second kappa shape index (κ2) is 5.35. The molecule has 2 unspecified atom stereocenters.